The van der Waals surface area contributed by atoms with Crippen LogP contribution >= 0.6 is 0 Å². The maximum absolute atomic E-state index is 13.5. The molecule has 1 fully saturated rings. The van der Waals surface area contributed by atoms with E-state index in [0.717, 1.165) is 12.1 Å². The lowest BCUT2D eigenvalue weighted by Crippen LogP contribution is -2.21. The van der Waals surface area contributed by atoms with Crippen molar-refractivity contribution >= 4 is 17.1 Å². The van der Waals surface area contributed by atoms with Gasteiger partial charge in [0.25, 0.3) is 6.43 Å². The number of carbonyl (C=O) groups excluding carboxylic acids is 1. The Balaban J connectivity index is 1.70. The summed E-state index contributed by atoms with van der Waals surface area (Å²) in [5, 5.41) is 6.80. The van der Waals surface area contributed by atoms with E-state index in [-0.39, 0.29) is 6.10 Å². The third-order valence-corrected chi connectivity index (χ3v) is 4.18. The summed E-state index contributed by atoms with van der Waals surface area (Å²) in [5.74, 6) is -0.946. The minimum Gasteiger partial charge on any atom is -0.442 e. The number of ether oxygens (including phenoxy) is 1. The molecule has 0 bridgehead atoms. The first-order chi connectivity index (χ1) is 12.5. The van der Waals surface area contributed by atoms with Gasteiger partial charge in [-0.3, -0.25) is 9.67 Å². The van der Waals surface area contributed by atoms with E-state index >= 15 is 0 Å². The van der Waals surface area contributed by atoms with E-state index < -0.39 is 23.9 Å². The molecule has 6 nitrogen and oxygen atoms in total. The summed E-state index contributed by atoms with van der Waals surface area (Å²) in [5.41, 5.74) is 1.61. The minimum atomic E-state index is -2.90. The first kappa shape index (κ1) is 16.4. The molecule has 0 saturated carbocycles. The van der Waals surface area contributed by atoms with Crippen molar-refractivity contribution in [2.24, 2.45) is 0 Å². The Labute approximate surface area is 145 Å². The monoisotopic (exact) mass is 362 g/mol. The van der Waals surface area contributed by atoms with Crippen LogP contribution in [0.4, 0.5) is 18.0 Å². The largest absolute Gasteiger partial charge is 0.442 e. The number of fused-ring (bicyclic) bond motifs is 1. The van der Waals surface area contributed by atoms with Crippen molar-refractivity contribution in [3.63, 3.8) is 0 Å². The highest BCUT2D eigenvalue weighted by Gasteiger charge is 2.24. The number of carbonyl (C=O) groups is 1. The molecule has 1 atom stereocenters. The standard InChI is InChI=1S/C17H13F3N4O2/c18-13-2-1-9(3-12(13)16(19)20)10-4-15-14(21-5-10)7-23-24(15)8-11-6-22-17(25)26-11/h1-5,7,11,16H,6,8H2,(H,22,25)/t11-/m1/s1. The van der Waals surface area contributed by atoms with Crippen molar-refractivity contribution in [2.45, 2.75) is 19.1 Å². The molecule has 1 saturated heterocycles. The van der Waals surface area contributed by atoms with Crippen LogP contribution in [0, 0.1) is 5.82 Å². The molecule has 0 radical (unpaired) electrons. The quantitative estimate of drug-likeness (QED) is 0.773. The van der Waals surface area contributed by atoms with Gasteiger partial charge in [-0.15, -0.1) is 0 Å². The van der Waals surface area contributed by atoms with Crippen LogP contribution in [0.2, 0.25) is 0 Å². The van der Waals surface area contributed by atoms with Crippen LogP contribution in [-0.2, 0) is 11.3 Å². The van der Waals surface area contributed by atoms with Gasteiger partial charge < -0.3 is 10.1 Å². The molecular formula is C17H13F3N4O2. The summed E-state index contributed by atoms with van der Waals surface area (Å²) < 4.78 is 46.1. The Kier molecular flexibility index (Phi) is 3.98. The Morgan fingerprint density at radius 2 is 2.12 bits per heavy atom. The van der Waals surface area contributed by atoms with Crippen molar-refractivity contribution < 1.29 is 22.7 Å². The van der Waals surface area contributed by atoms with E-state index in [1.807, 2.05) is 0 Å². The van der Waals surface area contributed by atoms with E-state index in [0.29, 0.717) is 35.2 Å². The second kappa shape index (κ2) is 6.32. The first-order valence-electron chi connectivity index (χ1n) is 7.85. The molecule has 3 aromatic rings. The number of aromatic nitrogens is 3. The number of rotatable bonds is 4. The molecule has 1 N–H and O–H groups in total. The lowest BCUT2D eigenvalue weighted by atomic mass is 10.0. The normalized spacial score (nSPS) is 16.9. The number of benzene rings is 1. The van der Waals surface area contributed by atoms with Crippen molar-refractivity contribution in [3.8, 4) is 11.1 Å². The van der Waals surface area contributed by atoms with E-state index in [9.17, 15) is 18.0 Å². The number of halogens is 3. The summed E-state index contributed by atoms with van der Waals surface area (Å²) in [6.45, 7) is 0.710. The summed E-state index contributed by atoms with van der Waals surface area (Å²) >= 11 is 0. The van der Waals surface area contributed by atoms with Gasteiger partial charge >= 0.3 is 6.09 Å². The Bertz CT molecular complexity index is 989. The molecule has 9 heteroatoms. The van der Waals surface area contributed by atoms with Crippen molar-refractivity contribution in [2.75, 3.05) is 6.54 Å². The highest BCUT2D eigenvalue weighted by atomic mass is 19.3. The van der Waals surface area contributed by atoms with Gasteiger partial charge in [0.2, 0.25) is 0 Å². The number of nitrogens with zero attached hydrogens (tertiary/aromatic N) is 3. The molecule has 4 rings (SSSR count). The van der Waals surface area contributed by atoms with Gasteiger partial charge in [0.05, 0.1) is 30.4 Å². The smallest absolute Gasteiger partial charge is 0.407 e. The SMILES string of the molecule is O=C1NC[C@H](Cn2ncc3ncc(-c4ccc(F)c(C(F)F)c4)cc32)O1. The maximum atomic E-state index is 13.5. The van der Waals surface area contributed by atoms with Crippen LogP contribution in [0.5, 0.6) is 0 Å². The lowest BCUT2D eigenvalue weighted by molar-refractivity contribution is 0.129. The van der Waals surface area contributed by atoms with Crippen LogP contribution in [0.1, 0.15) is 12.0 Å². The zero-order valence-corrected chi connectivity index (χ0v) is 13.3. The van der Waals surface area contributed by atoms with Crippen LogP contribution < -0.4 is 5.32 Å². The van der Waals surface area contributed by atoms with Gasteiger partial charge in [-0.1, -0.05) is 6.07 Å². The van der Waals surface area contributed by atoms with Crippen molar-refractivity contribution in [1.29, 1.82) is 0 Å². The third kappa shape index (κ3) is 2.96. The molecular weight excluding hydrogens is 349 g/mol. The van der Waals surface area contributed by atoms with Crippen LogP contribution in [-0.4, -0.2) is 33.5 Å². The number of hydrogen-bond donors (Lipinski definition) is 1. The number of alkyl carbamates (subject to hydrolysis) is 1. The first-order valence-corrected chi connectivity index (χ1v) is 7.85. The molecule has 2 aromatic heterocycles. The minimum absolute atomic E-state index is 0.332. The maximum Gasteiger partial charge on any atom is 0.407 e. The summed E-state index contributed by atoms with van der Waals surface area (Å²) in [7, 11) is 0. The molecule has 1 amide bonds. The molecule has 0 unspecified atom stereocenters. The Hall–Kier alpha value is -3.10. The number of pyridine rings is 1. The fourth-order valence-electron chi connectivity index (χ4n) is 2.88. The van der Waals surface area contributed by atoms with Crippen molar-refractivity contribution in [3.05, 3.63) is 48.0 Å². The molecule has 1 aromatic carbocycles. The average molecular weight is 362 g/mol. The van der Waals surface area contributed by atoms with Gasteiger partial charge in [0.15, 0.2) is 0 Å². The van der Waals surface area contributed by atoms with Gasteiger partial charge in [0.1, 0.15) is 17.4 Å². The zero-order valence-electron chi connectivity index (χ0n) is 13.3. The van der Waals surface area contributed by atoms with E-state index in [2.05, 4.69) is 15.4 Å². The number of alkyl halides is 2. The fourth-order valence-corrected chi connectivity index (χ4v) is 2.88. The molecule has 134 valence electrons. The van der Waals surface area contributed by atoms with Crippen LogP contribution in [0.25, 0.3) is 22.2 Å². The molecule has 0 spiro atoms. The fraction of sp³-hybridized carbons (Fsp3) is 0.235. The topological polar surface area (TPSA) is 69.0 Å². The average Bonchev–Trinajstić information content (AvgIpc) is 3.21. The lowest BCUT2D eigenvalue weighted by Gasteiger charge is -2.10. The van der Waals surface area contributed by atoms with Crippen molar-refractivity contribution in [1.82, 2.24) is 20.1 Å². The highest BCUT2D eigenvalue weighted by molar-refractivity contribution is 5.80. The Morgan fingerprint density at radius 3 is 2.85 bits per heavy atom. The van der Waals surface area contributed by atoms with Gasteiger partial charge in [-0.25, -0.2) is 18.0 Å². The van der Waals surface area contributed by atoms with Gasteiger partial charge in [0, 0.05) is 11.8 Å². The summed E-state index contributed by atoms with van der Waals surface area (Å²) in [6, 6.07) is 5.30. The number of amides is 1. The predicted molar refractivity (Wildman–Crippen MR) is 86.2 cm³/mol. The Morgan fingerprint density at radius 1 is 1.27 bits per heavy atom. The molecule has 3 heterocycles. The highest BCUT2D eigenvalue weighted by Crippen LogP contribution is 2.29. The second-order valence-corrected chi connectivity index (χ2v) is 5.90. The van der Waals surface area contributed by atoms with Crippen LogP contribution in [0.15, 0.2) is 36.7 Å². The van der Waals surface area contributed by atoms with E-state index in [4.69, 9.17) is 4.74 Å². The molecule has 0 aliphatic carbocycles. The third-order valence-electron chi connectivity index (χ3n) is 4.18. The van der Waals surface area contributed by atoms with Gasteiger partial charge in [-0.2, -0.15) is 5.10 Å². The van der Waals surface area contributed by atoms with Gasteiger partial charge in [-0.05, 0) is 23.8 Å². The molecule has 26 heavy (non-hydrogen) atoms. The zero-order chi connectivity index (χ0) is 18.3. The number of nitrogens with one attached hydrogen (secondary N) is 1. The number of cyclic esters (lactones) is 1. The second-order valence-electron chi connectivity index (χ2n) is 5.90. The summed E-state index contributed by atoms with van der Waals surface area (Å²) in [4.78, 5) is 15.4. The van der Waals surface area contributed by atoms with E-state index in [1.54, 1.807) is 16.9 Å². The summed E-state index contributed by atoms with van der Waals surface area (Å²) in [6.07, 6.45) is -0.643. The van der Waals surface area contributed by atoms with Crippen LogP contribution in [0.3, 0.4) is 0 Å². The van der Waals surface area contributed by atoms with E-state index in [1.165, 1.54) is 12.3 Å². The number of hydrogen-bond acceptors (Lipinski definition) is 4. The molecule has 1 aliphatic heterocycles. The predicted octanol–water partition coefficient (Wildman–Crippen LogP) is 3.28. The molecule has 1 aliphatic rings.